The molecule has 0 saturated carbocycles. The molecular formula is C7H10BrN3. The van der Waals surface area contributed by atoms with Gasteiger partial charge in [0.2, 0.25) is 0 Å². The van der Waals surface area contributed by atoms with E-state index < -0.39 is 0 Å². The fourth-order valence-electron chi connectivity index (χ4n) is 0.692. The van der Waals surface area contributed by atoms with E-state index in [0.717, 1.165) is 10.3 Å². The molecular weight excluding hydrogens is 206 g/mol. The largest absolute Gasteiger partial charge is 0.367 e. The van der Waals surface area contributed by atoms with E-state index in [4.69, 9.17) is 0 Å². The molecule has 0 radical (unpaired) electrons. The summed E-state index contributed by atoms with van der Waals surface area (Å²) in [6.45, 7) is 4.13. The van der Waals surface area contributed by atoms with Gasteiger partial charge >= 0.3 is 0 Å². The normalized spacial score (nSPS) is 10.2. The fraction of sp³-hybridized carbons (Fsp3) is 0.429. The van der Waals surface area contributed by atoms with Crippen molar-refractivity contribution >= 4 is 21.7 Å². The molecule has 0 unspecified atom stereocenters. The van der Waals surface area contributed by atoms with Crippen LogP contribution in [0.3, 0.4) is 0 Å². The van der Waals surface area contributed by atoms with Gasteiger partial charge in [0.15, 0.2) is 0 Å². The second-order valence-corrected chi connectivity index (χ2v) is 3.37. The van der Waals surface area contributed by atoms with Gasteiger partial charge in [0.1, 0.15) is 12.1 Å². The minimum atomic E-state index is 0.390. The van der Waals surface area contributed by atoms with Crippen molar-refractivity contribution in [3.63, 3.8) is 0 Å². The number of nitrogens with zero attached hydrogens (tertiary/aromatic N) is 2. The zero-order valence-electron chi connectivity index (χ0n) is 6.50. The van der Waals surface area contributed by atoms with E-state index in [1.165, 1.54) is 6.33 Å². The van der Waals surface area contributed by atoms with Crippen LogP contribution in [-0.2, 0) is 0 Å². The van der Waals surface area contributed by atoms with Crippen molar-refractivity contribution in [3.05, 3.63) is 17.0 Å². The Morgan fingerprint density at radius 2 is 2.27 bits per heavy atom. The van der Waals surface area contributed by atoms with E-state index in [0.29, 0.717) is 6.04 Å². The van der Waals surface area contributed by atoms with Crippen LogP contribution in [0.4, 0.5) is 5.82 Å². The summed E-state index contributed by atoms with van der Waals surface area (Å²) in [5.74, 6) is 0.843. The minimum Gasteiger partial charge on any atom is -0.367 e. The molecule has 1 heterocycles. The Morgan fingerprint density at radius 3 is 2.82 bits per heavy atom. The molecule has 1 N–H and O–H groups in total. The highest BCUT2D eigenvalue weighted by Crippen LogP contribution is 2.17. The summed E-state index contributed by atoms with van der Waals surface area (Å²) >= 11 is 3.34. The second-order valence-electron chi connectivity index (χ2n) is 2.52. The molecule has 0 aliphatic heterocycles. The smallest absolute Gasteiger partial charge is 0.143 e. The zero-order chi connectivity index (χ0) is 8.27. The molecule has 3 nitrogen and oxygen atoms in total. The Morgan fingerprint density at radius 1 is 1.55 bits per heavy atom. The molecule has 0 bridgehead atoms. The standard InChI is InChI=1S/C7H10BrN3/c1-5(2)11-7-6(8)3-9-4-10-7/h3-5H,1-2H3,(H,9,10,11). The predicted molar refractivity (Wildman–Crippen MR) is 48.5 cm³/mol. The van der Waals surface area contributed by atoms with Crippen LogP contribution >= 0.6 is 15.9 Å². The molecule has 0 fully saturated rings. The van der Waals surface area contributed by atoms with Gasteiger partial charge in [-0.2, -0.15) is 0 Å². The summed E-state index contributed by atoms with van der Waals surface area (Å²) in [5, 5.41) is 3.18. The van der Waals surface area contributed by atoms with Gasteiger partial charge in [-0.25, -0.2) is 9.97 Å². The molecule has 11 heavy (non-hydrogen) atoms. The van der Waals surface area contributed by atoms with Crippen molar-refractivity contribution in [2.24, 2.45) is 0 Å². The molecule has 0 aromatic carbocycles. The average molecular weight is 216 g/mol. The maximum absolute atomic E-state index is 4.05. The maximum Gasteiger partial charge on any atom is 0.143 e. The van der Waals surface area contributed by atoms with Crippen molar-refractivity contribution in [2.45, 2.75) is 19.9 Å². The summed E-state index contributed by atoms with van der Waals surface area (Å²) < 4.78 is 0.897. The summed E-state index contributed by atoms with van der Waals surface area (Å²) in [5.41, 5.74) is 0. The van der Waals surface area contributed by atoms with Gasteiger partial charge in [0, 0.05) is 12.2 Å². The van der Waals surface area contributed by atoms with E-state index in [1.54, 1.807) is 6.20 Å². The number of nitrogens with one attached hydrogen (secondary N) is 1. The third-order valence-corrected chi connectivity index (χ3v) is 1.67. The van der Waals surface area contributed by atoms with Crippen molar-refractivity contribution in [1.82, 2.24) is 9.97 Å². The first-order valence-corrected chi connectivity index (χ1v) is 4.21. The number of anilines is 1. The number of hydrogen-bond donors (Lipinski definition) is 1. The molecule has 0 aliphatic rings. The second kappa shape index (κ2) is 3.67. The van der Waals surface area contributed by atoms with Crippen LogP contribution in [0.2, 0.25) is 0 Å². The van der Waals surface area contributed by atoms with Crippen molar-refractivity contribution < 1.29 is 0 Å². The zero-order valence-corrected chi connectivity index (χ0v) is 8.09. The number of rotatable bonds is 2. The molecule has 0 aliphatic carbocycles. The van der Waals surface area contributed by atoms with Gasteiger partial charge in [-0.3, -0.25) is 0 Å². The van der Waals surface area contributed by atoms with Crippen LogP contribution in [0.25, 0.3) is 0 Å². The van der Waals surface area contributed by atoms with Gasteiger partial charge in [0.05, 0.1) is 4.47 Å². The molecule has 1 aromatic heterocycles. The number of aromatic nitrogens is 2. The van der Waals surface area contributed by atoms with Gasteiger partial charge in [-0.15, -0.1) is 0 Å². The first-order valence-electron chi connectivity index (χ1n) is 3.42. The van der Waals surface area contributed by atoms with Gasteiger partial charge in [-0.05, 0) is 29.8 Å². The highest BCUT2D eigenvalue weighted by Gasteiger charge is 2.00. The Hall–Kier alpha value is -0.640. The van der Waals surface area contributed by atoms with E-state index >= 15 is 0 Å². The Balaban J connectivity index is 2.78. The number of hydrogen-bond acceptors (Lipinski definition) is 3. The van der Waals surface area contributed by atoms with E-state index in [1.807, 2.05) is 0 Å². The lowest BCUT2D eigenvalue weighted by atomic mass is 10.4. The number of halogens is 1. The van der Waals surface area contributed by atoms with Gasteiger partial charge < -0.3 is 5.32 Å². The van der Waals surface area contributed by atoms with Crippen LogP contribution in [0, 0.1) is 0 Å². The average Bonchev–Trinajstić information content (AvgIpc) is 1.93. The van der Waals surface area contributed by atoms with Crippen LogP contribution in [0.1, 0.15) is 13.8 Å². The summed E-state index contributed by atoms with van der Waals surface area (Å²) in [4.78, 5) is 7.90. The van der Waals surface area contributed by atoms with Crippen molar-refractivity contribution in [3.8, 4) is 0 Å². The topological polar surface area (TPSA) is 37.8 Å². The van der Waals surface area contributed by atoms with Crippen molar-refractivity contribution in [1.29, 1.82) is 0 Å². The van der Waals surface area contributed by atoms with Crippen LogP contribution < -0.4 is 5.32 Å². The first kappa shape index (κ1) is 8.46. The maximum atomic E-state index is 4.05. The predicted octanol–water partition coefficient (Wildman–Crippen LogP) is 2.06. The fourth-order valence-corrected chi connectivity index (χ4v) is 1.03. The lowest BCUT2D eigenvalue weighted by Gasteiger charge is -2.08. The monoisotopic (exact) mass is 215 g/mol. The Kier molecular flexibility index (Phi) is 2.82. The summed E-state index contributed by atoms with van der Waals surface area (Å²) in [7, 11) is 0. The van der Waals surface area contributed by atoms with E-state index in [9.17, 15) is 0 Å². The molecule has 0 atom stereocenters. The highest BCUT2D eigenvalue weighted by atomic mass is 79.9. The molecule has 1 aromatic rings. The van der Waals surface area contributed by atoms with Crippen LogP contribution in [0.15, 0.2) is 17.0 Å². The summed E-state index contributed by atoms with van der Waals surface area (Å²) in [6, 6.07) is 0.390. The quantitative estimate of drug-likeness (QED) is 0.822. The van der Waals surface area contributed by atoms with Gasteiger partial charge in [-0.1, -0.05) is 0 Å². The third kappa shape index (κ3) is 2.46. The third-order valence-electron chi connectivity index (χ3n) is 1.09. The van der Waals surface area contributed by atoms with Gasteiger partial charge in [0.25, 0.3) is 0 Å². The molecule has 0 amide bonds. The highest BCUT2D eigenvalue weighted by molar-refractivity contribution is 9.10. The van der Waals surface area contributed by atoms with Crippen molar-refractivity contribution in [2.75, 3.05) is 5.32 Å². The first-order chi connectivity index (χ1) is 5.20. The molecule has 0 saturated heterocycles. The molecule has 1 rings (SSSR count). The molecule has 60 valence electrons. The molecule has 0 spiro atoms. The lowest BCUT2D eigenvalue weighted by molar-refractivity contribution is 0.884. The molecule has 4 heteroatoms. The van der Waals surface area contributed by atoms with E-state index in [-0.39, 0.29) is 0 Å². The van der Waals surface area contributed by atoms with Crippen LogP contribution in [-0.4, -0.2) is 16.0 Å². The Bertz CT molecular complexity index is 237. The summed E-state index contributed by atoms with van der Waals surface area (Å²) in [6.07, 6.45) is 3.24. The SMILES string of the molecule is CC(C)Nc1ncncc1Br. The van der Waals surface area contributed by atoms with E-state index in [2.05, 4.69) is 45.1 Å². The lowest BCUT2D eigenvalue weighted by Crippen LogP contribution is -2.11. The Labute approximate surface area is 74.4 Å². The minimum absolute atomic E-state index is 0.390. The van der Waals surface area contributed by atoms with Crippen LogP contribution in [0.5, 0.6) is 0 Å².